The highest BCUT2D eigenvalue weighted by Gasteiger charge is 2.26. The van der Waals surface area contributed by atoms with Gasteiger partial charge in [-0.1, -0.05) is 32.0 Å². The largest absolute Gasteiger partial charge is 0.326 e. The number of para-hydroxylation sites is 1. The van der Waals surface area contributed by atoms with Crippen molar-refractivity contribution in [2.45, 2.75) is 46.0 Å². The van der Waals surface area contributed by atoms with Gasteiger partial charge in [0.1, 0.15) is 0 Å². The summed E-state index contributed by atoms with van der Waals surface area (Å²) in [5.74, 6) is 0.374. The van der Waals surface area contributed by atoms with Crippen LogP contribution in [0, 0.1) is 6.92 Å². The lowest BCUT2D eigenvalue weighted by Crippen LogP contribution is -2.39. The van der Waals surface area contributed by atoms with Gasteiger partial charge in [0.25, 0.3) is 0 Å². The third-order valence-electron chi connectivity index (χ3n) is 4.23. The number of hydrogen-bond acceptors (Lipinski definition) is 3. The average molecular weight is 338 g/mol. The molecule has 128 valence electrons. The summed E-state index contributed by atoms with van der Waals surface area (Å²) < 4.78 is 25.3. The van der Waals surface area contributed by atoms with Gasteiger partial charge < -0.3 is 5.32 Å². The number of carbonyl (C=O) groups excluding carboxylic acids is 1. The van der Waals surface area contributed by atoms with E-state index in [1.54, 1.807) is 0 Å². The SMILES string of the molecule is Cc1cccc(C(C)C)c1NC(=O)CCN1CCCCS1(=O)=O. The first-order chi connectivity index (χ1) is 10.8. The number of sulfonamides is 1. The molecule has 1 aliphatic heterocycles. The number of nitrogens with one attached hydrogen (secondary N) is 1. The fraction of sp³-hybridized carbons (Fsp3) is 0.588. The van der Waals surface area contributed by atoms with Gasteiger partial charge >= 0.3 is 0 Å². The molecule has 0 bridgehead atoms. The lowest BCUT2D eigenvalue weighted by atomic mass is 9.98. The molecule has 1 aromatic carbocycles. The predicted molar refractivity (Wildman–Crippen MR) is 93.1 cm³/mol. The molecule has 0 atom stereocenters. The topological polar surface area (TPSA) is 66.5 Å². The van der Waals surface area contributed by atoms with Gasteiger partial charge in [-0.25, -0.2) is 12.7 Å². The summed E-state index contributed by atoms with van der Waals surface area (Å²) in [5.41, 5.74) is 2.98. The third-order valence-corrected chi connectivity index (χ3v) is 6.19. The zero-order valence-electron chi connectivity index (χ0n) is 14.1. The molecule has 1 heterocycles. The minimum Gasteiger partial charge on any atom is -0.326 e. The van der Waals surface area contributed by atoms with Crippen LogP contribution in [-0.2, 0) is 14.8 Å². The van der Waals surface area contributed by atoms with E-state index in [0.717, 1.165) is 23.2 Å². The first-order valence-electron chi connectivity index (χ1n) is 8.18. The molecule has 6 heteroatoms. The number of anilines is 1. The van der Waals surface area contributed by atoms with Crippen molar-refractivity contribution >= 4 is 21.6 Å². The number of aryl methyl sites for hydroxylation is 1. The van der Waals surface area contributed by atoms with Gasteiger partial charge in [0.15, 0.2) is 0 Å². The maximum Gasteiger partial charge on any atom is 0.225 e. The van der Waals surface area contributed by atoms with Crippen molar-refractivity contribution in [2.24, 2.45) is 0 Å². The number of benzene rings is 1. The molecule has 0 saturated carbocycles. The fourth-order valence-electron chi connectivity index (χ4n) is 2.86. The zero-order chi connectivity index (χ0) is 17.0. The standard InChI is InChI=1S/C17H26N2O3S/c1-13(2)15-8-6-7-14(3)17(15)18-16(20)9-11-19-10-4-5-12-23(19,21)22/h6-8,13H,4-5,9-12H2,1-3H3,(H,18,20). The highest BCUT2D eigenvalue weighted by molar-refractivity contribution is 7.89. The van der Waals surface area contributed by atoms with E-state index in [2.05, 4.69) is 19.2 Å². The van der Waals surface area contributed by atoms with E-state index in [1.165, 1.54) is 4.31 Å². The Bertz CT molecular complexity index is 668. The van der Waals surface area contributed by atoms with Crippen molar-refractivity contribution in [3.05, 3.63) is 29.3 Å². The summed E-state index contributed by atoms with van der Waals surface area (Å²) >= 11 is 0. The summed E-state index contributed by atoms with van der Waals surface area (Å²) in [6.07, 6.45) is 1.77. The van der Waals surface area contributed by atoms with Gasteiger partial charge in [0, 0.05) is 25.2 Å². The Labute approximate surface area is 139 Å². The van der Waals surface area contributed by atoms with E-state index in [9.17, 15) is 13.2 Å². The Hall–Kier alpha value is -1.40. The maximum absolute atomic E-state index is 12.3. The van der Waals surface area contributed by atoms with Crippen LogP contribution in [0.1, 0.15) is 50.2 Å². The Balaban J connectivity index is 2.01. The predicted octanol–water partition coefficient (Wildman–Crippen LogP) is 2.87. The summed E-state index contributed by atoms with van der Waals surface area (Å²) in [6, 6.07) is 5.97. The molecule has 1 aromatic rings. The quantitative estimate of drug-likeness (QED) is 0.898. The number of rotatable bonds is 5. The number of amides is 1. The first-order valence-corrected chi connectivity index (χ1v) is 9.79. The van der Waals surface area contributed by atoms with Crippen LogP contribution in [-0.4, -0.2) is 37.5 Å². The highest BCUT2D eigenvalue weighted by Crippen LogP contribution is 2.27. The van der Waals surface area contributed by atoms with E-state index in [0.29, 0.717) is 18.9 Å². The van der Waals surface area contributed by atoms with E-state index in [-0.39, 0.29) is 24.6 Å². The van der Waals surface area contributed by atoms with Crippen molar-refractivity contribution in [3.8, 4) is 0 Å². The Morgan fingerprint density at radius 2 is 2.04 bits per heavy atom. The molecule has 0 radical (unpaired) electrons. The van der Waals surface area contributed by atoms with E-state index >= 15 is 0 Å². The van der Waals surface area contributed by atoms with Gasteiger partial charge in [-0.05, 0) is 36.8 Å². The zero-order valence-corrected chi connectivity index (χ0v) is 14.9. The van der Waals surface area contributed by atoms with Gasteiger partial charge in [-0.3, -0.25) is 4.79 Å². The van der Waals surface area contributed by atoms with Crippen LogP contribution in [0.4, 0.5) is 5.69 Å². The molecule has 1 N–H and O–H groups in total. The maximum atomic E-state index is 12.3. The number of carbonyl (C=O) groups is 1. The molecule has 1 amide bonds. The van der Waals surface area contributed by atoms with Crippen molar-refractivity contribution in [1.82, 2.24) is 4.31 Å². The monoisotopic (exact) mass is 338 g/mol. The molecule has 0 unspecified atom stereocenters. The second-order valence-electron chi connectivity index (χ2n) is 6.41. The van der Waals surface area contributed by atoms with Crippen LogP contribution in [0.3, 0.4) is 0 Å². The molecular formula is C17H26N2O3S. The molecular weight excluding hydrogens is 312 g/mol. The first kappa shape index (κ1) is 17.9. The number of nitrogens with zero attached hydrogens (tertiary/aromatic N) is 1. The van der Waals surface area contributed by atoms with Gasteiger partial charge in [-0.15, -0.1) is 0 Å². The van der Waals surface area contributed by atoms with Gasteiger partial charge in [0.2, 0.25) is 15.9 Å². The Kier molecular flexibility index (Phi) is 5.81. The van der Waals surface area contributed by atoms with Crippen LogP contribution in [0.2, 0.25) is 0 Å². The van der Waals surface area contributed by atoms with Crippen LogP contribution < -0.4 is 5.32 Å². The highest BCUT2D eigenvalue weighted by atomic mass is 32.2. The van der Waals surface area contributed by atoms with Gasteiger partial charge in [0.05, 0.1) is 5.75 Å². The number of hydrogen-bond donors (Lipinski definition) is 1. The minimum atomic E-state index is -3.17. The minimum absolute atomic E-state index is 0.137. The molecule has 2 rings (SSSR count). The van der Waals surface area contributed by atoms with E-state index in [4.69, 9.17) is 0 Å². The summed E-state index contributed by atoms with van der Waals surface area (Å²) in [5, 5.41) is 2.97. The normalized spacial score (nSPS) is 18.1. The van der Waals surface area contributed by atoms with Crippen molar-refractivity contribution in [2.75, 3.05) is 24.2 Å². The van der Waals surface area contributed by atoms with E-state index < -0.39 is 10.0 Å². The van der Waals surface area contributed by atoms with Crippen LogP contribution in [0.15, 0.2) is 18.2 Å². The Morgan fingerprint density at radius 1 is 1.30 bits per heavy atom. The van der Waals surface area contributed by atoms with Crippen LogP contribution >= 0.6 is 0 Å². The fourth-order valence-corrected chi connectivity index (χ4v) is 4.47. The summed E-state index contributed by atoms with van der Waals surface area (Å²) in [4.78, 5) is 12.3. The molecule has 0 spiro atoms. The van der Waals surface area contributed by atoms with Gasteiger partial charge in [-0.2, -0.15) is 0 Å². The molecule has 5 nitrogen and oxygen atoms in total. The van der Waals surface area contributed by atoms with Crippen molar-refractivity contribution in [1.29, 1.82) is 0 Å². The molecule has 0 aromatic heterocycles. The summed E-state index contributed by atoms with van der Waals surface area (Å²) in [7, 11) is -3.17. The molecule has 23 heavy (non-hydrogen) atoms. The second-order valence-corrected chi connectivity index (χ2v) is 8.50. The Morgan fingerprint density at radius 3 is 2.70 bits per heavy atom. The summed E-state index contributed by atoms with van der Waals surface area (Å²) in [6.45, 7) is 6.93. The molecule has 0 aliphatic carbocycles. The van der Waals surface area contributed by atoms with Crippen molar-refractivity contribution in [3.63, 3.8) is 0 Å². The van der Waals surface area contributed by atoms with Crippen LogP contribution in [0.5, 0.6) is 0 Å². The third kappa shape index (κ3) is 4.54. The van der Waals surface area contributed by atoms with E-state index in [1.807, 2.05) is 25.1 Å². The lowest BCUT2D eigenvalue weighted by Gasteiger charge is -2.26. The van der Waals surface area contributed by atoms with Crippen LogP contribution in [0.25, 0.3) is 0 Å². The molecule has 1 aliphatic rings. The molecule has 1 saturated heterocycles. The smallest absolute Gasteiger partial charge is 0.225 e. The molecule has 1 fully saturated rings. The lowest BCUT2D eigenvalue weighted by molar-refractivity contribution is -0.116. The van der Waals surface area contributed by atoms with Crippen molar-refractivity contribution < 1.29 is 13.2 Å². The average Bonchev–Trinajstić information content (AvgIpc) is 2.47. The second kappa shape index (κ2) is 7.45.